The van der Waals surface area contributed by atoms with Crippen LogP contribution in [0.4, 0.5) is 5.82 Å². The zero-order valence-corrected chi connectivity index (χ0v) is 22.7. The van der Waals surface area contributed by atoms with Gasteiger partial charge in [-0.1, -0.05) is 56.3 Å². The van der Waals surface area contributed by atoms with Gasteiger partial charge < -0.3 is 14.5 Å². The lowest BCUT2D eigenvalue weighted by molar-refractivity contribution is -0.126. The van der Waals surface area contributed by atoms with Crippen molar-refractivity contribution in [3.63, 3.8) is 0 Å². The Labute approximate surface area is 227 Å². The quantitative estimate of drug-likeness (QED) is 0.446. The van der Waals surface area contributed by atoms with E-state index in [0.29, 0.717) is 60.4 Å². The number of anilines is 1. The van der Waals surface area contributed by atoms with Gasteiger partial charge in [-0.25, -0.2) is 14.3 Å². The Morgan fingerprint density at radius 1 is 1.24 bits per heavy atom. The molecule has 0 N–H and O–H groups in total. The lowest BCUT2D eigenvalue weighted by atomic mass is 10.0. The van der Waals surface area contributed by atoms with E-state index in [1.54, 1.807) is 9.47 Å². The molecule has 38 heavy (non-hydrogen) atoms. The Bertz CT molecular complexity index is 1500. The molecule has 1 saturated heterocycles. The number of carbonyl (C=O) groups is 1. The first kappa shape index (κ1) is 26.1. The number of carbonyl (C=O) groups excluding carboxylic acids is 1. The van der Waals surface area contributed by atoms with Crippen LogP contribution in [0.1, 0.15) is 44.4 Å². The zero-order valence-electron chi connectivity index (χ0n) is 22.0. The highest BCUT2D eigenvalue weighted by molar-refractivity contribution is 6.33. The van der Waals surface area contributed by atoms with Crippen molar-refractivity contribution >= 4 is 39.9 Å². The molecular formula is C29H32ClN5O3. The molecule has 8 nitrogen and oxygen atoms in total. The minimum absolute atomic E-state index is 0.0746. The maximum absolute atomic E-state index is 13.8. The molecule has 3 aromatic rings. The van der Waals surface area contributed by atoms with E-state index < -0.39 is 5.69 Å². The van der Waals surface area contributed by atoms with Crippen molar-refractivity contribution in [2.75, 3.05) is 37.7 Å². The summed E-state index contributed by atoms with van der Waals surface area (Å²) in [6.45, 7) is 12.4. The SMILES string of the molecule is C=CC(=O)N1CCN(c2nc(=O)n(-c3ccccc3C(C)C)c3nc(C4=CCCOC4)c(Cl)cc23)[C@@H](C)C1. The number of hydrogen-bond donors (Lipinski definition) is 0. The second-order valence-corrected chi connectivity index (χ2v) is 10.5. The van der Waals surface area contributed by atoms with Crippen molar-refractivity contribution in [2.24, 2.45) is 0 Å². The van der Waals surface area contributed by atoms with Crippen LogP contribution < -0.4 is 10.6 Å². The van der Waals surface area contributed by atoms with E-state index in [0.717, 1.165) is 23.2 Å². The summed E-state index contributed by atoms with van der Waals surface area (Å²) >= 11 is 6.83. The molecule has 0 spiro atoms. The summed E-state index contributed by atoms with van der Waals surface area (Å²) in [6, 6.07) is 9.63. The van der Waals surface area contributed by atoms with Gasteiger partial charge in [0.2, 0.25) is 5.91 Å². The number of piperazine rings is 1. The summed E-state index contributed by atoms with van der Waals surface area (Å²) in [6.07, 6.45) is 4.20. The monoisotopic (exact) mass is 533 g/mol. The molecule has 0 radical (unpaired) electrons. The third-order valence-corrected chi connectivity index (χ3v) is 7.49. The van der Waals surface area contributed by atoms with E-state index in [1.807, 2.05) is 37.3 Å². The van der Waals surface area contributed by atoms with Crippen LogP contribution in [0.15, 0.2) is 53.9 Å². The highest BCUT2D eigenvalue weighted by Crippen LogP contribution is 2.34. The van der Waals surface area contributed by atoms with Crippen molar-refractivity contribution in [1.82, 2.24) is 19.4 Å². The number of nitrogens with zero attached hydrogens (tertiary/aromatic N) is 5. The summed E-state index contributed by atoms with van der Waals surface area (Å²) in [5, 5.41) is 1.16. The fourth-order valence-electron chi connectivity index (χ4n) is 5.27. The second kappa shape index (κ2) is 10.7. The topological polar surface area (TPSA) is 80.6 Å². The Balaban J connectivity index is 1.74. The third-order valence-electron chi connectivity index (χ3n) is 7.20. The van der Waals surface area contributed by atoms with Gasteiger partial charge in [0.15, 0.2) is 5.65 Å². The summed E-state index contributed by atoms with van der Waals surface area (Å²) in [7, 11) is 0. The van der Waals surface area contributed by atoms with Gasteiger partial charge in [-0.2, -0.15) is 4.98 Å². The van der Waals surface area contributed by atoms with Gasteiger partial charge in [-0.05, 0) is 43.0 Å². The first-order chi connectivity index (χ1) is 18.3. The van der Waals surface area contributed by atoms with Gasteiger partial charge in [-0.3, -0.25) is 4.79 Å². The summed E-state index contributed by atoms with van der Waals surface area (Å²) in [5.41, 5.74) is 3.38. The number of halogens is 1. The lowest BCUT2D eigenvalue weighted by Crippen LogP contribution is -2.54. The number of para-hydroxylation sites is 1. The molecule has 2 aliphatic heterocycles. The molecule has 5 rings (SSSR count). The normalized spacial score (nSPS) is 18.1. The Kier molecular flexibility index (Phi) is 7.36. The molecule has 0 saturated carbocycles. The number of pyridine rings is 1. The third kappa shape index (κ3) is 4.74. The Morgan fingerprint density at radius 2 is 2.03 bits per heavy atom. The van der Waals surface area contributed by atoms with Crippen molar-refractivity contribution in [3.05, 3.63) is 75.8 Å². The van der Waals surface area contributed by atoms with Gasteiger partial charge in [0, 0.05) is 31.2 Å². The van der Waals surface area contributed by atoms with Crippen LogP contribution in [0.5, 0.6) is 0 Å². The number of aromatic nitrogens is 3. The fourth-order valence-corrected chi connectivity index (χ4v) is 5.54. The van der Waals surface area contributed by atoms with Gasteiger partial charge in [0.25, 0.3) is 0 Å². The second-order valence-electron chi connectivity index (χ2n) is 10.1. The summed E-state index contributed by atoms with van der Waals surface area (Å²) in [5.74, 6) is 0.605. The molecule has 0 unspecified atom stereocenters. The minimum Gasteiger partial charge on any atom is -0.376 e. The molecule has 4 heterocycles. The average Bonchev–Trinajstić information content (AvgIpc) is 2.92. The highest BCUT2D eigenvalue weighted by atomic mass is 35.5. The lowest BCUT2D eigenvalue weighted by Gasteiger charge is -2.40. The zero-order chi connectivity index (χ0) is 27.0. The fraction of sp³-hybridized carbons (Fsp3) is 0.379. The van der Waals surface area contributed by atoms with Crippen LogP contribution >= 0.6 is 11.6 Å². The van der Waals surface area contributed by atoms with Gasteiger partial charge in [-0.15, -0.1) is 0 Å². The molecule has 0 aliphatic carbocycles. The molecule has 1 aromatic carbocycles. The minimum atomic E-state index is -0.410. The van der Waals surface area contributed by atoms with Crippen LogP contribution in [0.2, 0.25) is 5.02 Å². The number of benzene rings is 1. The van der Waals surface area contributed by atoms with Gasteiger partial charge >= 0.3 is 5.69 Å². The van der Waals surface area contributed by atoms with Crippen molar-refractivity contribution in [2.45, 2.75) is 39.2 Å². The maximum atomic E-state index is 13.8. The first-order valence-electron chi connectivity index (χ1n) is 13.0. The number of hydrogen-bond acceptors (Lipinski definition) is 6. The molecule has 198 valence electrons. The van der Waals surface area contributed by atoms with E-state index in [1.165, 1.54) is 6.08 Å². The van der Waals surface area contributed by atoms with Gasteiger partial charge in [0.05, 0.1) is 35.0 Å². The van der Waals surface area contributed by atoms with E-state index in [9.17, 15) is 9.59 Å². The van der Waals surface area contributed by atoms with E-state index >= 15 is 0 Å². The number of amides is 1. The predicted octanol–water partition coefficient (Wildman–Crippen LogP) is 4.58. The molecule has 1 amide bonds. The molecule has 1 fully saturated rings. The molecule has 2 aromatic heterocycles. The van der Waals surface area contributed by atoms with Crippen LogP contribution in [0, 0.1) is 0 Å². The summed E-state index contributed by atoms with van der Waals surface area (Å²) < 4.78 is 7.27. The van der Waals surface area contributed by atoms with E-state index in [-0.39, 0.29) is 17.9 Å². The number of rotatable bonds is 5. The average molecular weight is 534 g/mol. The maximum Gasteiger partial charge on any atom is 0.355 e. The van der Waals surface area contributed by atoms with Crippen LogP contribution in [-0.4, -0.2) is 64.2 Å². The molecular weight excluding hydrogens is 502 g/mol. The van der Waals surface area contributed by atoms with E-state index in [4.69, 9.17) is 21.3 Å². The number of fused-ring (bicyclic) bond motifs is 1. The van der Waals surface area contributed by atoms with Gasteiger partial charge in [0.1, 0.15) is 5.82 Å². The van der Waals surface area contributed by atoms with Crippen molar-refractivity contribution in [1.29, 1.82) is 0 Å². The smallest absolute Gasteiger partial charge is 0.355 e. The van der Waals surface area contributed by atoms with Crippen LogP contribution in [0.25, 0.3) is 22.3 Å². The standard InChI is InChI=1S/C29H32ClN5O3/c1-5-25(36)33-12-13-34(19(4)16-33)27-22-15-23(30)26(20-9-8-14-38-17-20)31-28(22)35(29(37)32-27)24-11-7-6-10-21(24)18(2)3/h5-7,9-11,15,18-19H,1,8,12-14,16-17H2,2-4H3/t19-/m0/s1. The molecule has 9 heteroatoms. The van der Waals surface area contributed by atoms with E-state index in [2.05, 4.69) is 36.4 Å². The van der Waals surface area contributed by atoms with Crippen molar-refractivity contribution in [3.8, 4) is 5.69 Å². The van der Waals surface area contributed by atoms with Crippen LogP contribution in [-0.2, 0) is 9.53 Å². The highest BCUT2D eigenvalue weighted by Gasteiger charge is 2.30. The predicted molar refractivity (Wildman–Crippen MR) is 151 cm³/mol. The summed E-state index contributed by atoms with van der Waals surface area (Å²) in [4.78, 5) is 39.5. The first-order valence-corrected chi connectivity index (χ1v) is 13.4. The molecule has 1 atom stereocenters. The largest absolute Gasteiger partial charge is 0.376 e. The molecule has 0 bridgehead atoms. The molecule has 2 aliphatic rings. The van der Waals surface area contributed by atoms with Crippen molar-refractivity contribution < 1.29 is 9.53 Å². The Hall–Kier alpha value is -3.49. The number of ether oxygens (including phenoxy) is 1. The van der Waals surface area contributed by atoms with Crippen LogP contribution in [0.3, 0.4) is 0 Å². The Morgan fingerprint density at radius 3 is 2.71 bits per heavy atom.